The molecule has 7 nitrogen and oxygen atoms in total. The Morgan fingerprint density at radius 3 is 2.84 bits per heavy atom. The molecular formula is C18H28N6O. The third-order valence-corrected chi connectivity index (χ3v) is 5.70. The van der Waals surface area contributed by atoms with Gasteiger partial charge in [0, 0.05) is 6.04 Å². The molecule has 1 saturated carbocycles. The van der Waals surface area contributed by atoms with Crippen molar-refractivity contribution in [1.82, 2.24) is 25.0 Å². The summed E-state index contributed by atoms with van der Waals surface area (Å²) >= 11 is 0. The van der Waals surface area contributed by atoms with Gasteiger partial charge < -0.3 is 5.32 Å². The Kier molecular flexibility index (Phi) is 5.69. The summed E-state index contributed by atoms with van der Waals surface area (Å²) in [5, 5.41) is 16.9. The molecule has 1 amide bonds. The normalized spacial score (nSPS) is 25.0. The smallest absolute Gasteiger partial charge is 0.238 e. The molecule has 0 radical (unpaired) electrons. The monoisotopic (exact) mass is 344 g/mol. The SMILES string of the molecule is C[C@H](C(=O)NC1(C#N)CCCCC1)N1CCCC[C@H]1Cn1cncn1. The van der Waals surface area contributed by atoms with Crippen LogP contribution in [-0.4, -0.2) is 49.7 Å². The molecule has 2 aliphatic rings. The summed E-state index contributed by atoms with van der Waals surface area (Å²) in [5.74, 6) is -0.0195. The molecule has 25 heavy (non-hydrogen) atoms. The largest absolute Gasteiger partial charge is 0.336 e. The molecule has 2 atom stereocenters. The Morgan fingerprint density at radius 1 is 1.36 bits per heavy atom. The first-order valence-corrected chi connectivity index (χ1v) is 9.45. The van der Waals surface area contributed by atoms with Gasteiger partial charge >= 0.3 is 0 Å². The Morgan fingerprint density at radius 2 is 2.16 bits per heavy atom. The number of piperidine rings is 1. The first-order chi connectivity index (χ1) is 12.1. The average Bonchev–Trinajstić information content (AvgIpc) is 3.15. The molecule has 1 aromatic rings. The predicted octanol–water partition coefficient (Wildman–Crippen LogP) is 1.86. The van der Waals surface area contributed by atoms with Gasteiger partial charge in [0.15, 0.2) is 0 Å². The summed E-state index contributed by atoms with van der Waals surface area (Å²) in [6, 6.07) is 2.42. The van der Waals surface area contributed by atoms with Gasteiger partial charge in [-0.25, -0.2) is 4.98 Å². The summed E-state index contributed by atoms with van der Waals surface area (Å²) in [6.45, 7) is 3.62. The molecule has 1 N–H and O–H groups in total. The number of amides is 1. The number of hydrogen-bond donors (Lipinski definition) is 1. The van der Waals surface area contributed by atoms with Gasteiger partial charge in [0.1, 0.15) is 18.2 Å². The van der Waals surface area contributed by atoms with Crippen LogP contribution in [0.1, 0.15) is 58.3 Å². The number of carbonyl (C=O) groups is 1. The molecule has 0 spiro atoms. The lowest BCUT2D eigenvalue weighted by Gasteiger charge is -2.40. The Balaban J connectivity index is 1.65. The number of rotatable bonds is 5. The topological polar surface area (TPSA) is 86.8 Å². The molecule has 1 aliphatic carbocycles. The van der Waals surface area contributed by atoms with Crippen molar-refractivity contribution in [3.05, 3.63) is 12.7 Å². The van der Waals surface area contributed by atoms with Crippen LogP contribution in [0.2, 0.25) is 0 Å². The standard InChI is InChI=1S/C18H28N6O/c1-15(17(25)22-18(12-19)8-4-2-5-9-18)24-10-6-3-7-16(24)11-23-14-20-13-21-23/h13-16H,2-11H2,1H3,(H,22,25)/t15-,16+/m1/s1. The van der Waals surface area contributed by atoms with Crippen molar-refractivity contribution in [2.75, 3.05) is 6.54 Å². The molecule has 1 aliphatic heterocycles. The molecule has 3 rings (SSSR count). The molecular weight excluding hydrogens is 316 g/mol. The molecule has 7 heteroatoms. The Labute approximate surface area is 149 Å². The van der Waals surface area contributed by atoms with Gasteiger partial charge in [-0.1, -0.05) is 25.7 Å². The summed E-state index contributed by atoms with van der Waals surface area (Å²) in [4.78, 5) is 19.2. The van der Waals surface area contributed by atoms with Crippen molar-refractivity contribution in [1.29, 1.82) is 5.26 Å². The lowest BCUT2D eigenvalue weighted by Crippen LogP contribution is -2.58. The van der Waals surface area contributed by atoms with Crippen LogP contribution in [0.25, 0.3) is 0 Å². The van der Waals surface area contributed by atoms with Crippen LogP contribution in [0, 0.1) is 11.3 Å². The third kappa shape index (κ3) is 4.18. The third-order valence-electron chi connectivity index (χ3n) is 5.70. The molecule has 2 heterocycles. The minimum absolute atomic E-state index is 0.0195. The number of nitriles is 1. The maximum absolute atomic E-state index is 12.9. The summed E-state index contributed by atoms with van der Waals surface area (Å²) < 4.78 is 1.84. The molecule has 136 valence electrons. The van der Waals surface area contributed by atoms with Crippen LogP contribution in [0.4, 0.5) is 0 Å². The van der Waals surface area contributed by atoms with Crippen molar-refractivity contribution in [3.63, 3.8) is 0 Å². The van der Waals surface area contributed by atoms with E-state index in [1.807, 2.05) is 11.6 Å². The highest BCUT2D eigenvalue weighted by Crippen LogP contribution is 2.28. The molecule has 0 unspecified atom stereocenters. The van der Waals surface area contributed by atoms with Crippen molar-refractivity contribution in [3.8, 4) is 6.07 Å². The van der Waals surface area contributed by atoms with Gasteiger partial charge in [0.2, 0.25) is 5.91 Å². The lowest BCUT2D eigenvalue weighted by molar-refractivity contribution is -0.129. The van der Waals surface area contributed by atoms with E-state index in [0.717, 1.165) is 58.0 Å². The van der Waals surface area contributed by atoms with Crippen molar-refractivity contribution in [2.45, 2.75) is 82.5 Å². The van der Waals surface area contributed by atoms with E-state index in [9.17, 15) is 10.1 Å². The van der Waals surface area contributed by atoms with Gasteiger partial charge in [0.25, 0.3) is 0 Å². The number of aromatic nitrogens is 3. The summed E-state index contributed by atoms with van der Waals surface area (Å²) in [6.07, 6.45) is 11.3. The van der Waals surface area contributed by atoms with Crippen LogP contribution < -0.4 is 5.32 Å². The molecule has 1 aromatic heterocycles. The highest BCUT2D eigenvalue weighted by molar-refractivity contribution is 5.82. The quantitative estimate of drug-likeness (QED) is 0.881. The zero-order valence-corrected chi connectivity index (χ0v) is 15.0. The fraction of sp³-hybridized carbons (Fsp3) is 0.778. The van der Waals surface area contributed by atoms with E-state index in [0.29, 0.717) is 0 Å². The molecule has 0 aromatic carbocycles. The van der Waals surface area contributed by atoms with Gasteiger partial charge in [-0.15, -0.1) is 0 Å². The highest BCUT2D eigenvalue weighted by atomic mass is 16.2. The van der Waals surface area contributed by atoms with Crippen LogP contribution in [0.15, 0.2) is 12.7 Å². The number of hydrogen-bond acceptors (Lipinski definition) is 5. The van der Waals surface area contributed by atoms with E-state index >= 15 is 0 Å². The van der Waals surface area contributed by atoms with Crippen LogP contribution in [0.3, 0.4) is 0 Å². The van der Waals surface area contributed by atoms with Gasteiger partial charge in [0.05, 0.1) is 18.7 Å². The number of carbonyl (C=O) groups excluding carboxylic acids is 1. The van der Waals surface area contributed by atoms with E-state index in [1.165, 1.54) is 6.42 Å². The van der Waals surface area contributed by atoms with Crippen molar-refractivity contribution in [2.24, 2.45) is 0 Å². The fourth-order valence-electron chi connectivity index (χ4n) is 4.18. The number of nitrogens with zero attached hydrogens (tertiary/aromatic N) is 5. The second-order valence-electron chi connectivity index (χ2n) is 7.42. The first kappa shape index (κ1) is 17.9. The number of nitrogens with one attached hydrogen (secondary N) is 1. The second kappa shape index (κ2) is 7.96. The molecule has 0 bridgehead atoms. The van der Waals surface area contributed by atoms with Gasteiger partial charge in [-0.3, -0.25) is 14.4 Å². The van der Waals surface area contributed by atoms with Crippen molar-refractivity contribution < 1.29 is 4.79 Å². The zero-order chi connectivity index (χ0) is 17.7. The van der Waals surface area contributed by atoms with Gasteiger partial charge in [-0.2, -0.15) is 10.4 Å². The minimum Gasteiger partial charge on any atom is -0.336 e. The van der Waals surface area contributed by atoms with E-state index in [4.69, 9.17) is 0 Å². The second-order valence-corrected chi connectivity index (χ2v) is 7.42. The maximum Gasteiger partial charge on any atom is 0.238 e. The molecule has 2 fully saturated rings. The van der Waals surface area contributed by atoms with Crippen LogP contribution in [0.5, 0.6) is 0 Å². The summed E-state index contributed by atoms with van der Waals surface area (Å²) in [5.41, 5.74) is -0.666. The Bertz CT molecular complexity index is 602. The van der Waals surface area contributed by atoms with E-state index in [-0.39, 0.29) is 18.0 Å². The minimum atomic E-state index is -0.666. The highest BCUT2D eigenvalue weighted by Gasteiger charge is 2.37. The number of likely N-dealkylation sites (tertiary alicyclic amines) is 1. The molecule has 1 saturated heterocycles. The van der Waals surface area contributed by atoms with E-state index in [1.54, 1.807) is 12.7 Å². The average molecular weight is 344 g/mol. The van der Waals surface area contributed by atoms with E-state index < -0.39 is 5.54 Å². The summed E-state index contributed by atoms with van der Waals surface area (Å²) in [7, 11) is 0. The predicted molar refractivity (Wildman–Crippen MR) is 93.4 cm³/mol. The van der Waals surface area contributed by atoms with Crippen LogP contribution >= 0.6 is 0 Å². The van der Waals surface area contributed by atoms with Crippen molar-refractivity contribution >= 4 is 5.91 Å². The Hall–Kier alpha value is -1.94. The van der Waals surface area contributed by atoms with E-state index in [2.05, 4.69) is 26.4 Å². The maximum atomic E-state index is 12.9. The van der Waals surface area contributed by atoms with Crippen LogP contribution in [-0.2, 0) is 11.3 Å². The fourth-order valence-corrected chi connectivity index (χ4v) is 4.18. The lowest BCUT2D eigenvalue weighted by atomic mass is 9.82. The van der Waals surface area contributed by atoms with Gasteiger partial charge in [-0.05, 0) is 39.2 Å². The zero-order valence-electron chi connectivity index (χ0n) is 15.0. The first-order valence-electron chi connectivity index (χ1n) is 9.45.